The molecule has 4 fully saturated rings. The zero-order valence-electron chi connectivity index (χ0n) is 49.6. The highest BCUT2D eigenvalue weighted by molar-refractivity contribution is 6.39. The minimum atomic E-state index is -1.03. The molecule has 0 spiro atoms. The number of likely N-dealkylation sites (N-methyl/N-ethyl adjacent to an activating group) is 1. The van der Waals surface area contributed by atoms with Gasteiger partial charge in [0, 0.05) is 46.7 Å². The largest absolute Gasteiger partial charge is 0.346 e. The van der Waals surface area contributed by atoms with E-state index in [4.69, 9.17) is 0 Å². The first-order valence-electron chi connectivity index (χ1n) is 27.3. The summed E-state index contributed by atoms with van der Waals surface area (Å²) < 4.78 is 0. The fraction of sp³-hybridized carbons (Fsp3) is 0.737. The Morgan fingerprint density at radius 1 is 0.654 bits per heavy atom. The van der Waals surface area contributed by atoms with Crippen molar-refractivity contribution in [1.82, 2.24) is 46.6 Å². The van der Waals surface area contributed by atoms with Crippen LogP contribution in [0.3, 0.4) is 0 Å². The van der Waals surface area contributed by atoms with Gasteiger partial charge in [-0.05, 0) is 63.6 Å². The lowest BCUT2D eigenvalue weighted by Gasteiger charge is -2.39. The summed E-state index contributed by atoms with van der Waals surface area (Å²) in [6, 6.07) is -6.58. The molecule has 4 rings (SSSR count). The van der Waals surface area contributed by atoms with Crippen LogP contribution in [0.1, 0.15) is 136 Å². The molecule has 21 nitrogen and oxygen atoms in total. The predicted molar refractivity (Wildman–Crippen MR) is 295 cm³/mol. The van der Waals surface area contributed by atoms with Gasteiger partial charge in [-0.2, -0.15) is 4.99 Å². The van der Waals surface area contributed by atoms with E-state index in [1.54, 1.807) is 27.8 Å². The van der Waals surface area contributed by atoms with Crippen molar-refractivity contribution in [2.75, 3.05) is 39.8 Å². The van der Waals surface area contributed by atoms with E-state index in [2.05, 4.69) is 63.9 Å². The van der Waals surface area contributed by atoms with Crippen LogP contribution in [0.2, 0.25) is 0 Å². The first-order chi connectivity index (χ1) is 35.9. The van der Waals surface area contributed by atoms with Gasteiger partial charge in [-0.25, -0.2) is 9.59 Å². The van der Waals surface area contributed by atoms with Crippen LogP contribution in [0, 0.1) is 50.7 Å². The molecule has 21 heteroatoms. The number of nitrogens with zero attached hydrogens (tertiary/aromatic N) is 4. The maximum Gasteiger partial charge on any atom is 0.315 e. The number of aliphatic imine (C=N–C) groups is 1. The molecule has 0 radical (unpaired) electrons. The van der Waals surface area contributed by atoms with E-state index in [1.165, 1.54) is 39.9 Å². The maximum atomic E-state index is 14.3. The number of nitrogens with one attached hydrogen (secondary N) is 6. The second-order valence-electron chi connectivity index (χ2n) is 25.9. The third kappa shape index (κ3) is 15.7. The van der Waals surface area contributed by atoms with Crippen molar-refractivity contribution in [2.45, 2.75) is 179 Å². The second-order valence-corrected chi connectivity index (χ2v) is 25.9. The molecular weight excluding hydrogens is 1000 g/mol. The molecule has 0 aromatic carbocycles. The molecule has 6 N–H and O–H groups in total. The first-order valence-corrected chi connectivity index (χ1v) is 27.3. The summed E-state index contributed by atoms with van der Waals surface area (Å²) in [7, 11) is 1.67. The van der Waals surface area contributed by atoms with Crippen LogP contribution in [0.4, 0.5) is 4.79 Å². The van der Waals surface area contributed by atoms with Crippen LogP contribution >= 0.6 is 0 Å². The first kappa shape index (κ1) is 66.0. The van der Waals surface area contributed by atoms with E-state index < -0.39 is 106 Å². The molecule has 436 valence electrons. The summed E-state index contributed by atoms with van der Waals surface area (Å²) in [5.41, 5.74) is -2.05. The third-order valence-corrected chi connectivity index (χ3v) is 16.2. The molecular formula is C57H92N10O11. The molecule has 2 aliphatic heterocycles. The number of isocyanates is 1. The molecule has 0 aromatic heterocycles. The Bertz CT molecular complexity index is 2360. The number of carbonyl (C=O) groups excluding carboxylic acids is 11. The number of amides is 9. The molecule has 4 aliphatic rings. The molecule has 0 bridgehead atoms. The highest BCUT2D eigenvalue weighted by Crippen LogP contribution is 2.66. The predicted octanol–water partition coefficient (Wildman–Crippen LogP) is 3.61. The summed E-state index contributed by atoms with van der Waals surface area (Å²) in [5, 5.41) is 16.3. The Kier molecular flexibility index (Phi) is 22.1. The van der Waals surface area contributed by atoms with Gasteiger partial charge < -0.3 is 46.6 Å². The van der Waals surface area contributed by atoms with Crippen LogP contribution in [-0.4, -0.2) is 162 Å². The van der Waals surface area contributed by atoms with Gasteiger partial charge in [0.25, 0.3) is 11.8 Å². The van der Waals surface area contributed by atoms with Crippen LogP contribution in [-0.2, 0) is 47.9 Å². The number of fused-ring (bicyclic) bond motifs is 2. The highest BCUT2D eigenvalue weighted by atomic mass is 16.2. The fourth-order valence-corrected chi connectivity index (χ4v) is 11.0. The van der Waals surface area contributed by atoms with Gasteiger partial charge in [0.1, 0.15) is 24.2 Å². The van der Waals surface area contributed by atoms with E-state index in [0.717, 1.165) is 0 Å². The Hall–Kier alpha value is -6.24. The zero-order chi connectivity index (χ0) is 59.8. The van der Waals surface area contributed by atoms with Gasteiger partial charge in [0.05, 0.1) is 18.1 Å². The molecule has 0 aromatic rings. The second kappa shape index (κ2) is 26.1. The average Bonchev–Trinajstić information content (AvgIpc) is 3.77. The SMILES string of the molecule is C=CCNC(=O)C(=O)C(CCC)NC(=O)[C@@H]1[C@@H]2[C@H](CN1C(=O)[C@@H](N=C=O)C(C)(C)C)C2(C)C.C=CCNC(=O)C(=O)C(CCC)NC(=O)[C@@H]1[C@@H]2[C@H](CN1C(=O)[C@@H](NC(=O)N[C@H](CN(C)C(C)=O)C(C)(C)C)C(C)(C)C)C2(C)C. The number of Topliss-reactive ketones (excluding diaryl/α,β-unsaturated/α-hetero) is 2. The van der Waals surface area contributed by atoms with Crippen LogP contribution in [0.5, 0.6) is 0 Å². The number of piperidine rings is 2. The summed E-state index contributed by atoms with van der Waals surface area (Å²) in [6.45, 7) is 38.5. The van der Waals surface area contributed by atoms with Gasteiger partial charge >= 0.3 is 6.03 Å². The van der Waals surface area contributed by atoms with Gasteiger partial charge in [0.15, 0.2) is 0 Å². The third-order valence-electron chi connectivity index (χ3n) is 16.2. The monoisotopic (exact) mass is 1090 g/mol. The molecule has 2 saturated heterocycles. The Morgan fingerprint density at radius 3 is 1.40 bits per heavy atom. The van der Waals surface area contributed by atoms with Gasteiger partial charge in [-0.15, -0.1) is 13.2 Å². The summed E-state index contributed by atoms with van der Waals surface area (Å²) in [6.07, 6.45) is 6.11. The van der Waals surface area contributed by atoms with Gasteiger partial charge in [-0.1, -0.05) is 129 Å². The Balaban J connectivity index is 0.000000430. The van der Waals surface area contributed by atoms with Crippen molar-refractivity contribution >= 4 is 65.0 Å². The summed E-state index contributed by atoms with van der Waals surface area (Å²) >= 11 is 0. The van der Waals surface area contributed by atoms with Crippen LogP contribution < -0.4 is 31.9 Å². The summed E-state index contributed by atoms with van der Waals surface area (Å²) in [4.78, 5) is 150. The van der Waals surface area contributed by atoms with E-state index in [0.29, 0.717) is 32.4 Å². The number of rotatable bonds is 23. The normalized spacial score (nSPS) is 23.2. The molecule has 11 atom stereocenters. The molecule has 2 unspecified atom stereocenters. The minimum absolute atomic E-state index is 0.0748. The maximum absolute atomic E-state index is 14.3. The topological polar surface area (TPSA) is 282 Å². The molecule has 2 heterocycles. The fourth-order valence-electron chi connectivity index (χ4n) is 11.0. The van der Waals surface area contributed by atoms with Crippen molar-refractivity contribution in [1.29, 1.82) is 0 Å². The minimum Gasteiger partial charge on any atom is -0.346 e. The van der Waals surface area contributed by atoms with E-state index >= 15 is 0 Å². The van der Waals surface area contributed by atoms with Gasteiger partial charge in [0.2, 0.25) is 47.2 Å². The Labute approximate surface area is 462 Å². The lowest BCUT2D eigenvalue weighted by atomic mass is 9.85. The Morgan fingerprint density at radius 2 is 1.06 bits per heavy atom. The van der Waals surface area contributed by atoms with Crippen LogP contribution in [0.25, 0.3) is 0 Å². The molecule has 78 heavy (non-hydrogen) atoms. The van der Waals surface area contributed by atoms with Crippen molar-refractivity contribution in [3.05, 3.63) is 25.3 Å². The standard InChI is InChI=1S/C33H56N6O6.C24H36N4O5/c1-13-15-21(25(41)28(43)34-16-14-2)35-27(42)24-23-20(33(23,10)11)17-39(24)29(44)26(32(7,8)9)37-30(45)36-22(31(4,5)6)18-38(12)19(3)40;1-8-10-15(18(30)21(32)25-11-9-2)27-20(31)17-16-14(24(16,6)7)12-28(17)22(33)19(26-13-29)23(3,4)5/h14,20-24,26H,2,13,15-18H2,1,3-12H3,(H,34,43)(H,35,42)(H2,36,37,45);9,14-17,19H,2,8,10-12H2,1,3-7H3,(H,25,32)(H,27,31)/t20-,21?,22+,23-,24-,26+;14-,15?,16-,17-,19+/m00/s1. The van der Waals surface area contributed by atoms with Gasteiger partial charge in [-0.3, -0.25) is 43.2 Å². The summed E-state index contributed by atoms with van der Waals surface area (Å²) in [5.74, 6) is -4.93. The molecule has 2 aliphatic carbocycles. The number of ketones is 2. The zero-order valence-corrected chi connectivity index (χ0v) is 49.6. The smallest absolute Gasteiger partial charge is 0.315 e. The lowest BCUT2D eigenvalue weighted by molar-refractivity contribution is -0.145. The lowest BCUT2D eigenvalue weighted by Crippen LogP contribution is -2.62. The highest BCUT2D eigenvalue weighted by Gasteiger charge is 2.71. The van der Waals surface area contributed by atoms with Crippen LogP contribution in [0.15, 0.2) is 30.3 Å². The van der Waals surface area contributed by atoms with Crippen molar-refractivity contribution < 1.29 is 52.7 Å². The van der Waals surface area contributed by atoms with E-state index in [-0.39, 0.29) is 71.9 Å². The number of urea groups is 1. The number of hydrogen-bond acceptors (Lipinski definition) is 12. The average molecular weight is 1090 g/mol. The van der Waals surface area contributed by atoms with E-state index in [1.807, 2.05) is 69.2 Å². The number of likely N-dealkylation sites (tertiary alicyclic amines) is 2. The van der Waals surface area contributed by atoms with Crippen molar-refractivity contribution in [3.8, 4) is 0 Å². The quantitative estimate of drug-likeness (QED) is 0.0372. The number of carbonyl (C=O) groups is 10. The molecule has 9 amide bonds. The number of hydrogen-bond donors (Lipinski definition) is 6. The molecule has 2 saturated carbocycles. The van der Waals surface area contributed by atoms with Crippen molar-refractivity contribution in [3.63, 3.8) is 0 Å². The van der Waals surface area contributed by atoms with Crippen molar-refractivity contribution in [2.24, 2.45) is 55.7 Å². The van der Waals surface area contributed by atoms with E-state index in [9.17, 15) is 52.7 Å².